The van der Waals surface area contributed by atoms with Crippen molar-refractivity contribution in [1.82, 2.24) is 5.32 Å². The maximum absolute atomic E-state index is 10.8. The van der Waals surface area contributed by atoms with E-state index in [0.717, 1.165) is 31.3 Å². The summed E-state index contributed by atoms with van der Waals surface area (Å²) in [5.41, 5.74) is 3.96. The maximum Gasteiger partial charge on any atom is 0.162 e. The Morgan fingerprint density at radius 1 is 1.00 bits per heavy atom. The van der Waals surface area contributed by atoms with Gasteiger partial charge in [0.25, 0.3) is 0 Å². The largest absolute Gasteiger partial charge is 0.504 e. The van der Waals surface area contributed by atoms with E-state index in [1.165, 1.54) is 0 Å². The molecular formula is C24H22Br2N2O2. The molecule has 3 aromatic rings. The van der Waals surface area contributed by atoms with Crippen molar-refractivity contribution in [1.29, 1.82) is 0 Å². The number of aromatic hydroxyl groups is 1. The molecule has 154 valence electrons. The van der Waals surface area contributed by atoms with Crippen LogP contribution in [0.3, 0.4) is 0 Å². The fourth-order valence-electron chi connectivity index (χ4n) is 3.63. The summed E-state index contributed by atoms with van der Waals surface area (Å²) in [6, 6.07) is 21.9. The van der Waals surface area contributed by atoms with E-state index in [2.05, 4.69) is 61.4 Å². The molecule has 1 aliphatic heterocycles. The van der Waals surface area contributed by atoms with E-state index in [9.17, 15) is 5.11 Å². The van der Waals surface area contributed by atoms with Crippen LogP contribution in [0, 0.1) is 0 Å². The predicted molar refractivity (Wildman–Crippen MR) is 127 cm³/mol. The molecule has 1 aliphatic rings. The zero-order valence-corrected chi connectivity index (χ0v) is 19.7. The second kappa shape index (κ2) is 9.33. The van der Waals surface area contributed by atoms with Crippen molar-refractivity contribution in [2.75, 3.05) is 6.61 Å². The molecule has 1 heterocycles. The van der Waals surface area contributed by atoms with Crippen LogP contribution in [0.25, 0.3) is 0 Å². The first-order valence-corrected chi connectivity index (χ1v) is 11.4. The molecule has 4 nitrogen and oxygen atoms in total. The van der Waals surface area contributed by atoms with Crippen molar-refractivity contribution in [3.63, 3.8) is 0 Å². The van der Waals surface area contributed by atoms with Crippen molar-refractivity contribution in [2.45, 2.75) is 25.6 Å². The van der Waals surface area contributed by atoms with E-state index in [1.807, 2.05) is 43.3 Å². The molecule has 0 aliphatic carbocycles. The minimum Gasteiger partial charge on any atom is -0.504 e. The second-order valence-corrected chi connectivity index (χ2v) is 8.92. The highest BCUT2D eigenvalue weighted by Crippen LogP contribution is 2.39. The van der Waals surface area contributed by atoms with Crippen molar-refractivity contribution >= 4 is 37.6 Å². The molecule has 6 heteroatoms. The van der Waals surface area contributed by atoms with E-state index in [-0.39, 0.29) is 18.0 Å². The number of halogens is 2. The number of para-hydroxylation sites is 1. The molecule has 4 rings (SSSR count). The Morgan fingerprint density at radius 2 is 1.67 bits per heavy atom. The summed E-state index contributed by atoms with van der Waals surface area (Å²) in [4.78, 5) is 5.01. The van der Waals surface area contributed by atoms with Gasteiger partial charge in [0.1, 0.15) is 6.17 Å². The lowest BCUT2D eigenvalue weighted by atomic mass is 9.93. The Kier molecular flexibility index (Phi) is 6.56. The van der Waals surface area contributed by atoms with Gasteiger partial charge in [0.15, 0.2) is 11.5 Å². The van der Waals surface area contributed by atoms with Crippen LogP contribution in [0.5, 0.6) is 11.5 Å². The Balaban J connectivity index is 1.74. The number of nitrogens with zero attached hydrogens (tertiary/aromatic N) is 1. The summed E-state index contributed by atoms with van der Waals surface area (Å²) >= 11 is 7.00. The average Bonchev–Trinajstić information content (AvgIpc) is 2.76. The van der Waals surface area contributed by atoms with Crippen LogP contribution in [0.15, 0.2) is 80.7 Å². The molecule has 0 bridgehead atoms. The Hall–Kier alpha value is -2.15. The van der Waals surface area contributed by atoms with Gasteiger partial charge in [-0.1, -0.05) is 68.3 Å². The number of rotatable bonds is 5. The van der Waals surface area contributed by atoms with E-state index in [4.69, 9.17) is 9.73 Å². The maximum atomic E-state index is 10.8. The predicted octanol–water partition coefficient (Wildman–Crippen LogP) is 6.54. The number of hydrogen-bond donors (Lipinski definition) is 2. The van der Waals surface area contributed by atoms with Gasteiger partial charge in [0.05, 0.1) is 6.61 Å². The lowest BCUT2D eigenvalue weighted by molar-refractivity contribution is 0.313. The summed E-state index contributed by atoms with van der Waals surface area (Å²) in [5.74, 6) is 0.688. The van der Waals surface area contributed by atoms with Crippen LogP contribution < -0.4 is 10.1 Å². The number of nitrogens with one attached hydrogen (secondary N) is 1. The molecule has 0 radical (unpaired) electrons. The van der Waals surface area contributed by atoms with Gasteiger partial charge in [-0.3, -0.25) is 10.3 Å². The standard InChI is InChI=1S/C24H22Br2N2O2/c1-2-30-22-5-3-4-19(23(22)29)21-14-20(15-6-10-17(25)11-7-15)27-24(28-21)16-8-12-18(26)13-9-16/h3-13,21,24,28-29H,2,14H2,1H3/t21-,24-/m1/s1. The molecule has 0 saturated heterocycles. The molecule has 0 aromatic heterocycles. The van der Waals surface area contributed by atoms with Gasteiger partial charge < -0.3 is 9.84 Å². The van der Waals surface area contributed by atoms with Crippen molar-refractivity contribution < 1.29 is 9.84 Å². The van der Waals surface area contributed by atoms with Crippen LogP contribution in [-0.2, 0) is 0 Å². The fraction of sp³-hybridized carbons (Fsp3) is 0.208. The first kappa shape index (κ1) is 21.1. The van der Waals surface area contributed by atoms with Crippen LogP contribution in [-0.4, -0.2) is 17.4 Å². The van der Waals surface area contributed by atoms with Gasteiger partial charge in [-0.05, 0) is 48.4 Å². The molecule has 0 fully saturated rings. The Morgan fingerprint density at radius 3 is 2.33 bits per heavy atom. The van der Waals surface area contributed by atoms with Gasteiger partial charge in [-0.25, -0.2) is 0 Å². The van der Waals surface area contributed by atoms with E-state index < -0.39 is 0 Å². The van der Waals surface area contributed by atoms with Gasteiger partial charge in [0, 0.05) is 32.7 Å². The Labute approximate surface area is 193 Å². The normalized spacial score (nSPS) is 18.7. The summed E-state index contributed by atoms with van der Waals surface area (Å²) in [6.07, 6.45) is 0.447. The monoisotopic (exact) mass is 528 g/mol. The number of benzene rings is 3. The first-order valence-electron chi connectivity index (χ1n) is 9.84. The summed E-state index contributed by atoms with van der Waals surface area (Å²) in [6.45, 7) is 2.41. The topological polar surface area (TPSA) is 53.8 Å². The lowest BCUT2D eigenvalue weighted by Crippen LogP contribution is -2.33. The van der Waals surface area contributed by atoms with Gasteiger partial charge in [0.2, 0.25) is 0 Å². The number of aliphatic imine (C=N–C) groups is 1. The van der Waals surface area contributed by atoms with Crippen molar-refractivity contribution in [3.05, 3.63) is 92.4 Å². The lowest BCUT2D eigenvalue weighted by Gasteiger charge is -2.31. The third-order valence-electron chi connectivity index (χ3n) is 5.11. The van der Waals surface area contributed by atoms with Crippen LogP contribution in [0.1, 0.15) is 42.2 Å². The Bertz CT molecular complexity index is 1050. The highest BCUT2D eigenvalue weighted by atomic mass is 79.9. The number of ether oxygens (including phenoxy) is 1. The molecule has 0 spiro atoms. The third kappa shape index (κ3) is 4.61. The van der Waals surface area contributed by atoms with Crippen LogP contribution >= 0.6 is 31.9 Å². The van der Waals surface area contributed by atoms with Crippen LogP contribution in [0.2, 0.25) is 0 Å². The molecule has 3 aromatic carbocycles. The fourth-order valence-corrected chi connectivity index (χ4v) is 4.16. The minimum atomic E-state index is -0.217. The third-order valence-corrected chi connectivity index (χ3v) is 6.17. The first-order chi connectivity index (χ1) is 14.5. The second-order valence-electron chi connectivity index (χ2n) is 7.09. The van der Waals surface area contributed by atoms with Gasteiger partial charge >= 0.3 is 0 Å². The minimum absolute atomic E-state index is 0.102. The molecule has 30 heavy (non-hydrogen) atoms. The SMILES string of the molecule is CCOc1cccc([C@H]2CC(c3ccc(Br)cc3)=N[C@@H](c3ccc(Br)cc3)N2)c1O. The number of phenolic OH excluding ortho intramolecular Hbond substituents is 1. The molecule has 2 N–H and O–H groups in total. The quantitative estimate of drug-likeness (QED) is 0.394. The van der Waals surface area contributed by atoms with Crippen molar-refractivity contribution in [3.8, 4) is 11.5 Å². The van der Waals surface area contributed by atoms with E-state index in [1.54, 1.807) is 6.07 Å². The molecule has 2 atom stereocenters. The van der Waals surface area contributed by atoms with E-state index >= 15 is 0 Å². The zero-order valence-electron chi connectivity index (χ0n) is 16.5. The van der Waals surface area contributed by atoms with Crippen molar-refractivity contribution in [2.24, 2.45) is 4.99 Å². The number of phenols is 1. The van der Waals surface area contributed by atoms with Gasteiger partial charge in [-0.15, -0.1) is 0 Å². The van der Waals surface area contributed by atoms with Gasteiger partial charge in [-0.2, -0.15) is 0 Å². The van der Waals surface area contributed by atoms with Crippen LogP contribution in [0.4, 0.5) is 0 Å². The highest BCUT2D eigenvalue weighted by Gasteiger charge is 2.28. The molecule has 0 saturated carbocycles. The summed E-state index contributed by atoms with van der Waals surface area (Å²) in [5, 5.41) is 14.4. The molecular weight excluding hydrogens is 508 g/mol. The summed E-state index contributed by atoms with van der Waals surface area (Å²) in [7, 11) is 0. The smallest absolute Gasteiger partial charge is 0.162 e. The van der Waals surface area contributed by atoms with E-state index in [0.29, 0.717) is 18.8 Å². The summed E-state index contributed by atoms with van der Waals surface area (Å²) < 4.78 is 7.66. The average molecular weight is 530 g/mol. The zero-order chi connectivity index (χ0) is 21.1. The molecule has 0 unspecified atom stereocenters. The highest BCUT2D eigenvalue weighted by molar-refractivity contribution is 9.10. The molecule has 0 amide bonds. The number of hydrogen-bond acceptors (Lipinski definition) is 4.